The third kappa shape index (κ3) is 4.82. The van der Waals surface area contributed by atoms with Crippen LogP contribution in [0.3, 0.4) is 0 Å². The largest absolute Gasteiger partial charge is 0.387 e. The summed E-state index contributed by atoms with van der Waals surface area (Å²) in [6.45, 7) is 4.71. The summed E-state index contributed by atoms with van der Waals surface area (Å²) < 4.78 is 0. The Morgan fingerprint density at radius 1 is 0.962 bits per heavy atom. The Morgan fingerprint density at radius 3 is 2.19 bits per heavy atom. The van der Waals surface area contributed by atoms with E-state index in [-0.39, 0.29) is 0 Å². The normalized spacial score (nSPS) is 12.0. The van der Waals surface area contributed by atoms with Crippen molar-refractivity contribution in [2.75, 3.05) is 11.9 Å². The average Bonchev–Trinajstić information content (AvgIpc) is 2.65. The fourth-order valence-corrected chi connectivity index (χ4v) is 3.92. The van der Waals surface area contributed by atoms with E-state index in [1.54, 1.807) is 11.8 Å². The van der Waals surface area contributed by atoms with E-state index >= 15 is 0 Å². The smallest absolute Gasteiger partial charge is 0.0962 e. The van der Waals surface area contributed by atoms with Gasteiger partial charge in [0.2, 0.25) is 0 Å². The number of anilines is 1. The molecule has 0 spiro atoms. The van der Waals surface area contributed by atoms with E-state index in [1.807, 2.05) is 54.6 Å². The minimum Gasteiger partial charge on any atom is -0.387 e. The fourth-order valence-electron chi connectivity index (χ4n) is 2.84. The summed E-state index contributed by atoms with van der Waals surface area (Å²) in [6, 6.07) is 21.9. The van der Waals surface area contributed by atoms with Crippen LogP contribution in [0.1, 0.15) is 22.8 Å². The fraction of sp³-hybridized carbons (Fsp3) is 0.182. The first-order valence-electron chi connectivity index (χ1n) is 8.54. The predicted octanol–water partition coefficient (Wildman–Crippen LogP) is 6.25. The highest BCUT2D eigenvalue weighted by molar-refractivity contribution is 7.99. The highest BCUT2D eigenvalue weighted by atomic mass is 35.5. The molecular formula is C22H22ClNOS. The van der Waals surface area contributed by atoms with Crippen LogP contribution in [0.15, 0.2) is 76.5 Å². The maximum atomic E-state index is 10.3. The van der Waals surface area contributed by atoms with E-state index in [4.69, 9.17) is 11.6 Å². The summed E-state index contributed by atoms with van der Waals surface area (Å²) >= 11 is 7.71. The molecule has 3 aromatic rings. The molecular weight excluding hydrogens is 362 g/mol. The zero-order chi connectivity index (χ0) is 18.5. The summed E-state index contributed by atoms with van der Waals surface area (Å²) in [7, 11) is 0. The number of aryl methyl sites for hydroxylation is 2. The van der Waals surface area contributed by atoms with Crippen molar-refractivity contribution in [1.82, 2.24) is 0 Å². The van der Waals surface area contributed by atoms with Crippen molar-refractivity contribution in [3.05, 3.63) is 88.4 Å². The van der Waals surface area contributed by atoms with Crippen molar-refractivity contribution >= 4 is 29.1 Å². The third-order valence-electron chi connectivity index (χ3n) is 4.18. The molecule has 0 aliphatic carbocycles. The zero-order valence-corrected chi connectivity index (χ0v) is 16.4. The number of aliphatic hydroxyl groups is 1. The SMILES string of the molecule is Cc1cc(NCC(O)c2ccccc2)cc(C)c1Sc1ccc(Cl)cc1. The van der Waals surface area contributed by atoms with Gasteiger partial charge in [-0.05, 0) is 66.9 Å². The molecule has 0 saturated heterocycles. The quantitative estimate of drug-likeness (QED) is 0.527. The second-order valence-corrected chi connectivity index (χ2v) is 7.82. The summed E-state index contributed by atoms with van der Waals surface area (Å²) in [5.41, 5.74) is 4.36. The van der Waals surface area contributed by atoms with Gasteiger partial charge in [-0.15, -0.1) is 0 Å². The Morgan fingerprint density at radius 2 is 1.58 bits per heavy atom. The van der Waals surface area contributed by atoms with Gasteiger partial charge in [0.25, 0.3) is 0 Å². The molecule has 0 aliphatic rings. The van der Waals surface area contributed by atoms with E-state index in [1.165, 1.54) is 20.9 Å². The Hall–Kier alpha value is -1.94. The minimum absolute atomic E-state index is 0.479. The van der Waals surface area contributed by atoms with Crippen molar-refractivity contribution in [1.29, 1.82) is 0 Å². The second kappa shape index (κ2) is 8.63. The Bertz CT molecular complexity index is 842. The van der Waals surface area contributed by atoms with Gasteiger partial charge >= 0.3 is 0 Å². The van der Waals surface area contributed by atoms with Crippen LogP contribution >= 0.6 is 23.4 Å². The molecule has 3 rings (SSSR count). The molecule has 0 radical (unpaired) electrons. The van der Waals surface area contributed by atoms with E-state index in [9.17, 15) is 5.11 Å². The lowest BCUT2D eigenvalue weighted by atomic mass is 10.1. The van der Waals surface area contributed by atoms with Crippen LogP contribution in [-0.4, -0.2) is 11.7 Å². The van der Waals surface area contributed by atoms with Gasteiger partial charge in [-0.2, -0.15) is 0 Å². The average molecular weight is 384 g/mol. The molecule has 134 valence electrons. The van der Waals surface area contributed by atoms with Gasteiger partial charge in [-0.1, -0.05) is 53.7 Å². The summed E-state index contributed by atoms with van der Waals surface area (Å²) in [5.74, 6) is 0. The summed E-state index contributed by atoms with van der Waals surface area (Å²) in [4.78, 5) is 2.42. The minimum atomic E-state index is -0.528. The molecule has 0 aliphatic heterocycles. The highest BCUT2D eigenvalue weighted by Gasteiger charge is 2.10. The Balaban J connectivity index is 1.69. The third-order valence-corrected chi connectivity index (χ3v) is 5.79. The number of hydrogen-bond donors (Lipinski definition) is 2. The standard InChI is InChI=1S/C22H22ClNOS/c1-15-12-19(24-14-21(25)17-6-4-3-5-7-17)13-16(2)22(15)26-20-10-8-18(23)9-11-20/h3-13,21,24-25H,14H2,1-2H3. The lowest BCUT2D eigenvalue weighted by Gasteiger charge is -2.16. The van der Waals surface area contributed by atoms with E-state index < -0.39 is 6.10 Å². The number of nitrogens with one attached hydrogen (secondary N) is 1. The molecule has 2 nitrogen and oxygen atoms in total. The van der Waals surface area contributed by atoms with Gasteiger partial charge in [0, 0.05) is 27.0 Å². The molecule has 3 aromatic carbocycles. The molecule has 1 atom stereocenters. The predicted molar refractivity (Wildman–Crippen MR) is 111 cm³/mol. The highest BCUT2D eigenvalue weighted by Crippen LogP contribution is 2.35. The molecule has 0 aromatic heterocycles. The van der Waals surface area contributed by atoms with Gasteiger partial charge < -0.3 is 10.4 Å². The van der Waals surface area contributed by atoms with Gasteiger partial charge in [-0.25, -0.2) is 0 Å². The van der Waals surface area contributed by atoms with Crippen molar-refractivity contribution in [2.45, 2.75) is 29.7 Å². The van der Waals surface area contributed by atoms with E-state index in [0.29, 0.717) is 6.54 Å². The first-order chi connectivity index (χ1) is 12.5. The van der Waals surface area contributed by atoms with E-state index in [0.717, 1.165) is 16.3 Å². The van der Waals surface area contributed by atoms with Crippen LogP contribution in [0, 0.1) is 13.8 Å². The maximum Gasteiger partial charge on any atom is 0.0962 e. The Kier molecular flexibility index (Phi) is 6.25. The number of halogens is 1. The number of hydrogen-bond acceptors (Lipinski definition) is 3. The topological polar surface area (TPSA) is 32.3 Å². The van der Waals surface area contributed by atoms with Crippen LogP contribution in [0.25, 0.3) is 0 Å². The zero-order valence-electron chi connectivity index (χ0n) is 14.9. The molecule has 0 amide bonds. The van der Waals surface area contributed by atoms with Crippen molar-refractivity contribution in [3.8, 4) is 0 Å². The Labute approximate surface area is 164 Å². The molecule has 0 fully saturated rings. The van der Waals surface area contributed by atoms with Gasteiger partial charge in [0.1, 0.15) is 0 Å². The molecule has 4 heteroatoms. The molecule has 2 N–H and O–H groups in total. The van der Waals surface area contributed by atoms with E-state index in [2.05, 4.69) is 31.3 Å². The molecule has 0 heterocycles. The molecule has 1 unspecified atom stereocenters. The van der Waals surface area contributed by atoms with Crippen molar-refractivity contribution < 1.29 is 5.11 Å². The monoisotopic (exact) mass is 383 g/mol. The number of rotatable bonds is 6. The summed E-state index contributed by atoms with van der Waals surface area (Å²) in [5, 5.41) is 14.4. The maximum absolute atomic E-state index is 10.3. The molecule has 0 bridgehead atoms. The van der Waals surface area contributed by atoms with Gasteiger partial charge in [0.05, 0.1) is 6.10 Å². The van der Waals surface area contributed by atoms with Crippen LogP contribution in [0.4, 0.5) is 5.69 Å². The van der Waals surface area contributed by atoms with Gasteiger partial charge in [0.15, 0.2) is 0 Å². The number of benzene rings is 3. The lowest BCUT2D eigenvalue weighted by molar-refractivity contribution is 0.191. The van der Waals surface area contributed by atoms with Crippen LogP contribution in [-0.2, 0) is 0 Å². The van der Waals surface area contributed by atoms with Crippen molar-refractivity contribution in [3.63, 3.8) is 0 Å². The van der Waals surface area contributed by atoms with Gasteiger partial charge in [-0.3, -0.25) is 0 Å². The first kappa shape index (κ1) is 18.8. The lowest BCUT2D eigenvalue weighted by Crippen LogP contribution is -2.12. The molecule has 26 heavy (non-hydrogen) atoms. The molecule has 0 saturated carbocycles. The van der Waals surface area contributed by atoms with Crippen LogP contribution in [0.5, 0.6) is 0 Å². The van der Waals surface area contributed by atoms with Crippen molar-refractivity contribution in [2.24, 2.45) is 0 Å². The van der Waals surface area contributed by atoms with Crippen LogP contribution < -0.4 is 5.32 Å². The first-order valence-corrected chi connectivity index (χ1v) is 9.74. The number of aliphatic hydroxyl groups excluding tert-OH is 1. The summed E-state index contributed by atoms with van der Waals surface area (Å²) in [6.07, 6.45) is -0.528. The second-order valence-electron chi connectivity index (χ2n) is 6.30. The van der Waals surface area contributed by atoms with Crippen LogP contribution in [0.2, 0.25) is 5.02 Å².